The Morgan fingerprint density at radius 3 is 2.18 bits per heavy atom. The van der Waals surface area contributed by atoms with Crippen LogP contribution in [-0.2, 0) is 11.0 Å². The minimum atomic E-state index is -4.63. The highest BCUT2D eigenvalue weighted by molar-refractivity contribution is 6.01. The number of fused-ring (bicyclic) bond motifs is 1. The first kappa shape index (κ1) is 25.5. The van der Waals surface area contributed by atoms with Crippen LogP contribution in [0, 0.1) is 11.6 Å². The van der Waals surface area contributed by atoms with Crippen LogP contribution in [0.5, 0.6) is 0 Å². The minimum absolute atomic E-state index is 0.0701. The molecule has 5 rings (SSSR count). The van der Waals surface area contributed by atoms with E-state index in [-0.39, 0.29) is 23.0 Å². The van der Waals surface area contributed by atoms with E-state index in [0.29, 0.717) is 31.9 Å². The summed E-state index contributed by atoms with van der Waals surface area (Å²) in [5.74, 6) is -2.16. The van der Waals surface area contributed by atoms with Crippen molar-refractivity contribution in [2.75, 3.05) is 36.0 Å². The molecule has 38 heavy (non-hydrogen) atoms. The molecule has 6 nitrogen and oxygen atoms in total. The number of carbonyl (C=O) groups excluding carboxylic acids is 1. The zero-order valence-corrected chi connectivity index (χ0v) is 20.0. The summed E-state index contributed by atoms with van der Waals surface area (Å²) >= 11 is 0. The predicted molar refractivity (Wildman–Crippen MR) is 130 cm³/mol. The number of benzene rings is 3. The number of alkyl halides is 3. The van der Waals surface area contributed by atoms with Gasteiger partial charge in [-0.1, -0.05) is 6.07 Å². The number of rotatable bonds is 4. The number of aliphatic imine (C=N–C) groups is 1. The summed E-state index contributed by atoms with van der Waals surface area (Å²) in [7, 11) is 0. The number of hydrogen-bond acceptors (Lipinski definition) is 6. The zero-order valence-electron chi connectivity index (χ0n) is 20.0. The summed E-state index contributed by atoms with van der Waals surface area (Å²) in [6.45, 7) is 1.81. The molecule has 3 aromatic rings. The minimum Gasteiger partial charge on any atom is -0.550 e. The summed E-state index contributed by atoms with van der Waals surface area (Å²) in [4.78, 5) is 21.8. The summed E-state index contributed by atoms with van der Waals surface area (Å²) in [6, 6.07) is 13.3. The van der Waals surface area contributed by atoms with Crippen molar-refractivity contribution in [2.24, 2.45) is 4.99 Å². The maximum atomic E-state index is 14.2. The lowest BCUT2D eigenvalue weighted by molar-refractivity contribution is -0.306. The van der Waals surface area contributed by atoms with E-state index in [1.54, 1.807) is 12.1 Å². The Balaban J connectivity index is 1.55. The standard InChI is InChI=1S/C27H23F5N4O2/c28-18-4-7-20(8-5-18)34-10-12-35(13-11-34)26-33-23-9-6-19(29)15-22(23)24(16-25(37)38)36(26)21-3-1-2-17(14-21)27(30,31)32/h1-9,14-15,24H,10-13,16H2,(H,37,38)/p-1. The van der Waals surface area contributed by atoms with Crippen LogP contribution in [0.15, 0.2) is 71.7 Å². The van der Waals surface area contributed by atoms with Crippen LogP contribution in [0.1, 0.15) is 23.6 Å². The molecule has 0 radical (unpaired) electrons. The second-order valence-corrected chi connectivity index (χ2v) is 9.08. The SMILES string of the molecule is O=C([O-])CC1c2cc(F)ccc2N=C(N2CCN(c3ccc(F)cc3)CC2)N1c1cccc(C(F)(F)F)c1. The Kier molecular flexibility index (Phi) is 6.68. The quantitative estimate of drug-likeness (QED) is 0.466. The van der Waals surface area contributed by atoms with Crippen LogP contribution in [0.3, 0.4) is 0 Å². The number of anilines is 2. The highest BCUT2D eigenvalue weighted by Crippen LogP contribution is 2.42. The van der Waals surface area contributed by atoms with Crippen LogP contribution < -0.4 is 14.9 Å². The van der Waals surface area contributed by atoms with Gasteiger partial charge in [-0.15, -0.1) is 0 Å². The average molecular weight is 529 g/mol. The van der Waals surface area contributed by atoms with Gasteiger partial charge in [-0.25, -0.2) is 13.8 Å². The van der Waals surface area contributed by atoms with E-state index in [1.165, 1.54) is 41.3 Å². The second kappa shape index (κ2) is 9.96. The van der Waals surface area contributed by atoms with Gasteiger partial charge < -0.3 is 24.6 Å². The van der Waals surface area contributed by atoms with Crippen molar-refractivity contribution in [3.8, 4) is 0 Å². The van der Waals surface area contributed by atoms with Crippen molar-refractivity contribution in [1.82, 2.24) is 4.90 Å². The fourth-order valence-electron chi connectivity index (χ4n) is 4.86. The van der Waals surface area contributed by atoms with Gasteiger partial charge in [0.1, 0.15) is 11.6 Å². The first-order chi connectivity index (χ1) is 18.1. The van der Waals surface area contributed by atoms with Crippen LogP contribution in [0.2, 0.25) is 0 Å². The number of carboxylic acid groups (broad SMARTS) is 1. The molecule has 0 amide bonds. The van der Waals surface area contributed by atoms with Gasteiger partial charge in [-0.2, -0.15) is 13.2 Å². The molecule has 0 N–H and O–H groups in total. The van der Waals surface area contributed by atoms with Gasteiger partial charge in [0.15, 0.2) is 0 Å². The molecule has 0 aromatic heterocycles. The number of halogens is 5. The highest BCUT2D eigenvalue weighted by atomic mass is 19.4. The van der Waals surface area contributed by atoms with Crippen molar-refractivity contribution >= 4 is 29.0 Å². The second-order valence-electron chi connectivity index (χ2n) is 9.08. The molecule has 1 fully saturated rings. The van der Waals surface area contributed by atoms with Crippen LogP contribution >= 0.6 is 0 Å². The third-order valence-electron chi connectivity index (χ3n) is 6.66. The van der Waals surface area contributed by atoms with Gasteiger partial charge in [-0.05, 0) is 60.7 Å². The van der Waals surface area contributed by atoms with Gasteiger partial charge in [0, 0.05) is 55.5 Å². The fraction of sp³-hybridized carbons (Fsp3) is 0.259. The van der Waals surface area contributed by atoms with Crippen molar-refractivity contribution in [1.29, 1.82) is 0 Å². The molecule has 1 unspecified atom stereocenters. The number of nitrogens with zero attached hydrogens (tertiary/aromatic N) is 4. The van der Waals surface area contributed by atoms with Gasteiger partial charge in [-0.3, -0.25) is 0 Å². The van der Waals surface area contributed by atoms with Gasteiger partial charge in [0.25, 0.3) is 0 Å². The molecule has 1 atom stereocenters. The molecule has 0 bridgehead atoms. The number of aliphatic carboxylic acids is 1. The predicted octanol–water partition coefficient (Wildman–Crippen LogP) is 4.49. The highest BCUT2D eigenvalue weighted by Gasteiger charge is 2.37. The molecular weight excluding hydrogens is 507 g/mol. The lowest BCUT2D eigenvalue weighted by atomic mass is 9.97. The zero-order chi connectivity index (χ0) is 27.0. The van der Waals surface area contributed by atoms with Crippen LogP contribution in [-0.4, -0.2) is 43.0 Å². The molecule has 2 aliphatic rings. The fourth-order valence-corrected chi connectivity index (χ4v) is 4.86. The average Bonchev–Trinajstić information content (AvgIpc) is 2.88. The van der Waals surface area contributed by atoms with Crippen LogP contribution in [0.25, 0.3) is 0 Å². The third-order valence-corrected chi connectivity index (χ3v) is 6.66. The van der Waals surface area contributed by atoms with Crippen molar-refractivity contribution in [3.63, 3.8) is 0 Å². The maximum Gasteiger partial charge on any atom is 0.416 e. The van der Waals surface area contributed by atoms with Crippen molar-refractivity contribution in [3.05, 3.63) is 89.5 Å². The van der Waals surface area contributed by atoms with Gasteiger partial charge in [0.05, 0.1) is 17.3 Å². The number of guanidine groups is 1. The lowest BCUT2D eigenvalue weighted by Gasteiger charge is -2.45. The summed E-state index contributed by atoms with van der Waals surface area (Å²) in [5, 5.41) is 11.8. The molecule has 2 heterocycles. The normalized spacial score (nSPS) is 17.8. The van der Waals surface area contributed by atoms with Crippen LogP contribution in [0.4, 0.5) is 39.0 Å². The van der Waals surface area contributed by atoms with Gasteiger partial charge in [0.2, 0.25) is 5.96 Å². The Morgan fingerprint density at radius 2 is 1.53 bits per heavy atom. The smallest absolute Gasteiger partial charge is 0.416 e. The Morgan fingerprint density at radius 1 is 0.868 bits per heavy atom. The molecule has 1 saturated heterocycles. The Hall–Kier alpha value is -4.15. The van der Waals surface area contributed by atoms with E-state index >= 15 is 0 Å². The summed E-state index contributed by atoms with van der Waals surface area (Å²) < 4.78 is 68.3. The largest absolute Gasteiger partial charge is 0.550 e. The van der Waals surface area contributed by atoms with E-state index in [0.717, 1.165) is 23.9 Å². The number of carbonyl (C=O) groups is 1. The first-order valence-corrected chi connectivity index (χ1v) is 11.9. The number of piperazine rings is 1. The van der Waals surface area contributed by atoms with E-state index in [2.05, 4.69) is 4.99 Å². The van der Waals surface area contributed by atoms with E-state index in [9.17, 15) is 31.9 Å². The maximum absolute atomic E-state index is 14.2. The lowest BCUT2D eigenvalue weighted by Crippen LogP contribution is -2.55. The molecule has 3 aromatic carbocycles. The van der Waals surface area contributed by atoms with Gasteiger partial charge >= 0.3 is 6.18 Å². The molecular formula is C27H22F5N4O2-. The number of hydrogen-bond donors (Lipinski definition) is 0. The summed E-state index contributed by atoms with van der Waals surface area (Å²) in [6.07, 6.45) is -5.22. The van der Waals surface area contributed by atoms with E-state index < -0.39 is 36.0 Å². The van der Waals surface area contributed by atoms with Crippen molar-refractivity contribution in [2.45, 2.75) is 18.6 Å². The summed E-state index contributed by atoms with van der Waals surface area (Å²) in [5.41, 5.74) is 0.549. The van der Waals surface area contributed by atoms with Crippen molar-refractivity contribution < 1.29 is 31.9 Å². The topological polar surface area (TPSA) is 62.2 Å². The third kappa shape index (κ3) is 5.13. The van der Waals surface area contributed by atoms with E-state index in [1.807, 2.05) is 9.80 Å². The monoisotopic (exact) mass is 529 g/mol. The molecule has 198 valence electrons. The molecule has 0 aliphatic carbocycles. The molecule has 0 saturated carbocycles. The molecule has 2 aliphatic heterocycles. The first-order valence-electron chi connectivity index (χ1n) is 11.9. The Labute approximate surface area is 215 Å². The number of carboxylic acids is 1. The molecule has 11 heteroatoms. The van der Waals surface area contributed by atoms with E-state index in [4.69, 9.17) is 0 Å². The Bertz CT molecular complexity index is 1370. The molecule has 0 spiro atoms.